The number of hydrogen-bond donors (Lipinski definition) is 2. The molecule has 0 aromatic carbocycles. The predicted molar refractivity (Wildman–Crippen MR) is 77.9 cm³/mol. The van der Waals surface area contributed by atoms with Crippen molar-refractivity contribution in [1.82, 2.24) is 0 Å². The molecule has 0 saturated heterocycles. The Balaban J connectivity index is 4.34. The Kier molecular flexibility index (Phi) is 11.1. The first-order valence-corrected chi connectivity index (χ1v) is 8.86. The third kappa shape index (κ3) is 12.8. The summed E-state index contributed by atoms with van der Waals surface area (Å²) < 4.78 is 24.9. The standard InChI is InChI=1S/C13H25O8P/c1-3-5-6-8-13(15)21-11(10-20-22(16,17)18)9-19-12(14)7-4-2/h11H,3-10H2,1-2H3,(H2,16,17,18)/t11-/m1/s1. The van der Waals surface area contributed by atoms with Crippen LogP contribution in [0.1, 0.15) is 52.4 Å². The van der Waals surface area contributed by atoms with E-state index in [2.05, 4.69) is 4.52 Å². The topological polar surface area (TPSA) is 119 Å². The fourth-order valence-corrected chi connectivity index (χ4v) is 1.88. The van der Waals surface area contributed by atoms with Crippen LogP contribution in [0, 0.1) is 0 Å². The van der Waals surface area contributed by atoms with Gasteiger partial charge in [0.2, 0.25) is 0 Å². The van der Waals surface area contributed by atoms with E-state index in [0.29, 0.717) is 12.8 Å². The Labute approximate surface area is 130 Å². The van der Waals surface area contributed by atoms with Gasteiger partial charge in [0.25, 0.3) is 0 Å². The summed E-state index contributed by atoms with van der Waals surface area (Å²) in [6.07, 6.45) is 2.48. The Morgan fingerprint density at radius 1 is 1.00 bits per heavy atom. The number of carbonyl (C=O) groups is 2. The number of phosphoric acid groups is 1. The van der Waals surface area contributed by atoms with Crippen molar-refractivity contribution in [3.05, 3.63) is 0 Å². The summed E-state index contributed by atoms with van der Waals surface area (Å²) in [4.78, 5) is 40.3. The van der Waals surface area contributed by atoms with Gasteiger partial charge in [-0.1, -0.05) is 26.7 Å². The molecule has 0 unspecified atom stereocenters. The van der Waals surface area contributed by atoms with Crippen LogP contribution in [0.2, 0.25) is 0 Å². The molecule has 0 amide bonds. The summed E-state index contributed by atoms with van der Waals surface area (Å²) in [6.45, 7) is 2.97. The van der Waals surface area contributed by atoms with Crippen LogP contribution >= 0.6 is 7.82 Å². The Morgan fingerprint density at radius 3 is 2.23 bits per heavy atom. The van der Waals surface area contributed by atoms with Gasteiger partial charge in [-0.15, -0.1) is 0 Å². The zero-order chi connectivity index (χ0) is 17.0. The fourth-order valence-electron chi connectivity index (χ4n) is 1.52. The van der Waals surface area contributed by atoms with E-state index < -0.39 is 32.5 Å². The lowest BCUT2D eigenvalue weighted by molar-refractivity contribution is -0.161. The van der Waals surface area contributed by atoms with Gasteiger partial charge in [-0.2, -0.15) is 0 Å². The highest BCUT2D eigenvalue weighted by Crippen LogP contribution is 2.35. The van der Waals surface area contributed by atoms with Crippen LogP contribution < -0.4 is 0 Å². The number of unbranched alkanes of at least 4 members (excludes halogenated alkanes) is 2. The van der Waals surface area contributed by atoms with Crippen molar-refractivity contribution in [2.75, 3.05) is 13.2 Å². The van der Waals surface area contributed by atoms with Crippen molar-refractivity contribution in [3.63, 3.8) is 0 Å². The fraction of sp³-hybridized carbons (Fsp3) is 0.846. The van der Waals surface area contributed by atoms with Crippen LogP contribution in [0.4, 0.5) is 0 Å². The third-order valence-corrected chi connectivity index (χ3v) is 3.08. The molecule has 0 heterocycles. The second kappa shape index (κ2) is 11.6. The normalized spacial score (nSPS) is 12.7. The lowest BCUT2D eigenvalue weighted by Gasteiger charge is -2.18. The molecule has 130 valence electrons. The van der Waals surface area contributed by atoms with Crippen molar-refractivity contribution in [2.45, 2.75) is 58.5 Å². The first-order valence-electron chi connectivity index (χ1n) is 7.33. The molecule has 0 aliphatic rings. The number of carbonyl (C=O) groups excluding carboxylic acids is 2. The quantitative estimate of drug-likeness (QED) is 0.314. The minimum atomic E-state index is -4.68. The van der Waals surface area contributed by atoms with Crippen molar-refractivity contribution < 1.29 is 37.9 Å². The molecule has 0 radical (unpaired) electrons. The Bertz CT molecular complexity index is 378. The van der Waals surface area contributed by atoms with E-state index in [9.17, 15) is 14.2 Å². The molecule has 0 aliphatic carbocycles. The SMILES string of the molecule is CCCCCC(=O)O[C@H](COC(=O)CCC)COP(=O)(O)O. The highest BCUT2D eigenvalue weighted by molar-refractivity contribution is 7.46. The summed E-state index contributed by atoms with van der Waals surface area (Å²) in [6, 6.07) is 0. The average molecular weight is 340 g/mol. The van der Waals surface area contributed by atoms with Crippen LogP contribution in [0.3, 0.4) is 0 Å². The molecular formula is C13H25O8P. The molecule has 1 atom stereocenters. The molecule has 22 heavy (non-hydrogen) atoms. The smallest absolute Gasteiger partial charge is 0.462 e. The van der Waals surface area contributed by atoms with Crippen molar-refractivity contribution >= 4 is 19.8 Å². The molecule has 9 heteroatoms. The number of ether oxygens (including phenoxy) is 2. The van der Waals surface area contributed by atoms with Gasteiger partial charge in [0.05, 0.1) is 6.61 Å². The lowest BCUT2D eigenvalue weighted by Crippen LogP contribution is -2.29. The highest BCUT2D eigenvalue weighted by atomic mass is 31.2. The number of hydrogen-bond acceptors (Lipinski definition) is 6. The summed E-state index contributed by atoms with van der Waals surface area (Å²) in [5.41, 5.74) is 0. The van der Waals surface area contributed by atoms with Crippen LogP contribution in [-0.4, -0.2) is 41.0 Å². The minimum absolute atomic E-state index is 0.198. The zero-order valence-electron chi connectivity index (χ0n) is 13.0. The molecule has 0 saturated carbocycles. The van der Waals surface area contributed by atoms with E-state index in [1.807, 2.05) is 13.8 Å². The lowest BCUT2D eigenvalue weighted by atomic mass is 10.2. The highest BCUT2D eigenvalue weighted by Gasteiger charge is 2.22. The molecule has 0 rings (SSSR count). The molecule has 0 bridgehead atoms. The van der Waals surface area contributed by atoms with Gasteiger partial charge < -0.3 is 19.3 Å². The van der Waals surface area contributed by atoms with E-state index >= 15 is 0 Å². The second-order valence-electron chi connectivity index (χ2n) is 4.79. The predicted octanol–water partition coefficient (Wildman–Crippen LogP) is 1.93. The van der Waals surface area contributed by atoms with Crippen LogP contribution in [-0.2, 0) is 28.2 Å². The van der Waals surface area contributed by atoms with E-state index in [1.165, 1.54) is 0 Å². The number of esters is 2. The number of phosphoric ester groups is 1. The maximum absolute atomic E-state index is 11.6. The van der Waals surface area contributed by atoms with Gasteiger partial charge >= 0.3 is 19.8 Å². The molecule has 0 spiro atoms. The average Bonchev–Trinajstić information content (AvgIpc) is 2.41. The van der Waals surface area contributed by atoms with Gasteiger partial charge in [-0.25, -0.2) is 4.57 Å². The maximum atomic E-state index is 11.6. The molecule has 0 fully saturated rings. The molecular weight excluding hydrogens is 315 g/mol. The van der Waals surface area contributed by atoms with Gasteiger partial charge in [0.1, 0.15) is 6.61 Å². The van der Waals surface area contributed by atoms with Gasteiger partial charge in [0, 0.05) is 12.8 Å². The van der Waals surface area contributed by atoms with Gasteiger partial charge in [0.15, 0.2) is 6.10 Å². The summed E-state index contributed by atoms with van der Waals surface area (Å²) in [5.74, 6) is -0.981. The monoisotopic (exact) mass is 340 g/mol. The molecule has 2 N–H and O–H groups in total. The molecule has 8 nitrogen and oxygen atoms in total. The minimum Gasteiger partial charge on any atom is -0.462 e. The largest absolute Gasteiger partial charge is 0.469 e. The molecule has 0 aliphatic heterocycles. The Hall–Kier alpha value is -0.950. The van der Waals surface area contributed by atoms with Crippen LogP contribution in [0.25, 0.3) is 0 Å². The zero-order valence-corrected chi connectivity index (χ0v) is 13.9. The molecule has 0 aromatic heterocycles. The van der Waals surface area contributed by atoms with Crippen molar-refractivity contribution in [1.29, 1.82) is 0 Å². The van der Waals surface area contributed by atoms with E-state index in [1.54, 1.807) is 0 Å². The van der Waals surface area contributed by atoms with Crippen LogP contribution in [0.5, 0.6) is 0 Å². The first kappa shape index (κ1) is 21.0. The molecule has 0 aromatic rings. The first-order chi connectivity index (χ1) is 10.3. The van der Waals surface area contributed by atoms with E-state index in [-0.39, 0.29) is 19.4 Å². The van der Waals surface area contributed by atoms with E-state index in [4.69, 9.17) is 19.3 Å². The summed E-state index contributed by atoms with van der Waals surface area (Å²) >= 11 is 0. The number of rotatable bonds is 12. The van der Waals surface area contributed by atoms with Crippen molar-refractivity contribution in [3.8, 4) is 0 Å². The van der Waals surface area contributed by atoms with Crippen LogP contribution in [0.15, 0.2) is 0 Å². The maximum Gasteiger partial charge on any atom is 0.469 e. The van der Waals surface area contributed by atoms with Gasteiger partial charge in [-0.3, -0.25) is 14.1 Å². The van der Waals surface area contributed by atoms with Gasteiger partial charge in [-0.05, 0) is 12.8 Å². The van der Waals surface area contributed by atoms with E-state index in [0.717, 1.165) is 12.8 Å². The van der Waals surface area contributed by atoms with Crippen molar-refractivity contribution in [2.24, 2.45) is 0 Å². The third-order valence-electron chi connectivity index (χ3n) is 2.60. The summed E-state index contributed by atoms with van der Waals surface area (Å²) in [5, 5.41) is 0. The Morgan fingerprint density at radius 2 is 1.68 bits per heavy atom. The summed E-state index contributed by atoms with van der Waals surface area (Å²) in [7, 11) is -4.68. The second-order valence-corrected chi connectivity index (χ2v) is 6.03.